The zero-order valence-corrected chi connectivity index (χ0v) is 22.8. The number of para-hydroxylation sites is 1. The molecule has 1 unspecified atom stereocenters. The summed E-state index contributed by atoms with van der Waals surface area (Å²) in [6.45, 7) is 1.22. The quantitative estimate of drug-likeness (QED) is 0.233. The monoisotopic (exact) mass is 554 g/mol. The van der Waals surface area contributed by atoms with Crippen molar-refractivity contribution >= 4 is 17.7 Å². The van der Waals surface area contributed by atoms with Crippen molar-refractivity contribution < 1.29 is 19.1 Å². The first-order valence-electron chi connectivity index (χ1n) is 13.7. The van der Waals surface area contributed by atoms with Gasteiger partial charge in [-0.15, -0.1) is 5.10 Å². The Hall–Kier alpha value is -4.54. The van der Waals surface area contributed by atoms with Gasteiger partial charge in [0.25, 0.3) is 0 Å². The van der Waals surface area contributed by atoms with Gasteiger partial charge < -0.3 is 25.4 Å². The number of ether oxygens (including phenoxy) is 2. The van der Waals surface area contributed by atoms with Crippen molar-refractivity contribution in [2.45, 2.75) is 36.9 Å². The van der Waals surface area contributed by atoms with Crippen LogP contribution in [0.4, 0.5) is 10.5 Å². The molecule has 0 bridgehead atoms. The standard InChI is InChI=1S/C31H34N6O4/c1-40-31(39)35-29(28(22-11-4-2-5-12-22)23-13-6-3-7-14-23)30(38)34-25-15-9-8-10-21(25)16-17-24-18-32-27(20-41-24)26-19-33-37-36-26/h2-15,19,24,27-29,32H,16-18,20H2,1H3,(H,34,38)(H,35,39)(H,33,36,37)/t24-,27+,29?/m1/s1. The fourth-order valence-corrected chi connectivity index (χ4v) is 5.15. The van der Waals surface area contributed by atoms with E-state index >= 15 is 0 Å². The molecule has 41 heavy (non-hydrogen) atoms. The summed E-state index contributed by atoms with van der Waals surface area (Å²) in [7, 11) is 1.29. The number of rotatable bonds is 10. The van der Waals surface area contributed by atoms with Crippen LogP contribution in [-0.4, -0.2) is 59.8 Å². The molecule has 3 aromatic carbocycles. The number of benzene rings is 3. The van der Waals surface area contributed by atoms with Crippen LogP contribution in [0, 0.1) is 0 Å². The predicted molar refractivity (Wildman–Crippen MR) is 154 cm³/mol. The molecular weight excluding hydrogens is 520 g/mol. The van der Waals surface area contributed by atoms with E-state index in [0.29, 0.717) is 25.3 Å². The molecule has 1 aliphatic heterocycles. The van der Waals surface area contributed by atoms with Crippen LogP contribution in [-0.2, 0) is 20.7 Å². The molecule has 0 radical (unpaired) electrons. The van der Waals surface area contributed by atoms with Crippen molar-refractivity contribution in [2.24, 2.45) is 0 Å². The summed E-state index contributed by atoms with van der Waals surface area (Å²) >= 11 is 0. The molecule has 0 aliphatic carbocycles. The number of carbonyl (C=O) groups is 2. The van der Waals surface area contributed by atoms with Gasteiger partial charge in [0.1, 0.15) is 6.04 Å². The van der Waals surface area contributed by atoms with Crippen molar-refractivity contribution in [2.75, 3.05) is 25.6 Å². The summed E-state index contributed by atoms with van der Waals surface area (Å²) in [5, 5.41) is 19.8. The van der Waals surface area contributed by atoms with Crippen molar-refractivity contribution in [3.05, 3.63) is 114 Å². The van der Waals surface area contributed by atoms with Gasteiger partial charge in [0, 0.05) is 18.2 Å². The van der Waals surface area contributed by atoms with Crippen molar-refractivity contribution in [1.82, 2.24) is 26.0 Å². The van der Waals surface area contributed by atoms with E-state index in [2.05, 4.69) is 31.4 Å². The summed E-state index contributed by atoms with van der Waals surface area (Å²) in [5.74, 6) is -0.782. The molecule has 2 heterocycles. The Balaban J connectivity index is 1.31. The molecule has 0 saturated carbocycles. The topological polar surface area (TPSA) is 130 Å². The maximum Gasteiger partial charge on any atom is 0.407 e. The number of methoxy groups -OCH3 is 1. The number of alkyl carbamates (subject to hydrolysis) is 1. The number of amides is 2. The Kier molecular flexibility index (Phi) is 9.35. The molecule has 1 saturated heterocycles. The summed E-state index contributed by atoms with van der Waals surface area (Å²) in [6, 6.07) is 26.2. The molecule has 1 aliphatic rings. The van der Waals surface area contributed by atoms with E-state index in [1.807, 2.05) is 84.9 Å². The van der Waals surface area contributed by atoms with E-state index in [1.54, 1.807) is 6.20 Å². The molecule has 1 fully saturated rings. The predicted octanol–water partition coefficient (Wildman–Crippen LogP) is 3.96. The second-order valence-electron chi connectivity index (χ2n) is 9.93. The van der Waals surface area contributed by atoms with Gasteiger partial charge in [0.15, 0.2) is 0 Å². The first-order chi connectivity index (χ1) is 20.1. The highest BCUT2D eigenvalue weighted by Gasteiger charge is 2.33. The summed E-state index contributed by atoms with van der Waals surface area (Å²) in [6.07, 6.45) is 2.52. The van der Waals surface area contributed by atoms with Gasteiger partial charge in [0.2, 0.25) is 5.91 Å². The minimum atomic E-state index is -0.930. The molecular formula is C31H34N6O4. The van der Waals surface area contributed by atoms with Crippen LogP contribution in [0.15, 0.2) is 91.1 Å². The van der Waals surface area contributed by atoms with Crippen LogP contribution in [0.1, 0.15) is 40.8 Å². The second kappa shape index (κ2) is 13.7. The molecule has 212 valence electrons. The van der Waals surface area contributed by atoms with E-state index in [1.165, 1.54) is 7.11 Å². The van der Waals surface area contributed by atoms with E-state index in [0.717, 1.165) is 28.8 Å². The summed E-state index contributed by atoms with van der Waals surface area (Å²) in [5.41, 5.74) is 4.37. The highest BCUT2D eigenvalue weighted by atomic mass is 16.5. The number of carbonyl (C=O) groups excluding carboxylic acids is 2. The third-order valence-electron chi connectivity index (χ3n) is 7.30. The molecule has 5 rings (SSSR count). The Morgan fingerprint density at radius 2 is 1.68 bits per heavy atom. The number of morpholine rings is 1. The summed E-state index contributed by atoms with van der Waals surface area (Å²) in [4.78, 5) is 26.4. The van der Waals surface area contributed by atoms with Crippen LogP contribution in [0.5, 0.6) is 0 Å². The van der Waals surface area contributed by atoms with Crippen molar-refractivity contribution in [3.63, 3.8) is 0 Å². The lowest BCUT2D eigenvalue weighted by atomic mass is 9.84. The molecule has 4 N–H and O–H groups in total. The minimum Gasteiger partial charge on any atom is -0.453 e. The van der Waals surface area contributed by atoms with Gasteiger partial charge in [0.05, 0.1) is 37.8 Å². The van der Waals surface area contributed by atoms with E-state index in [9.17, 15) is 9.59 Å². The maximum absolute atomic E-state index is 13.9. The lowest BCUT2D eigenvalue weighted by molar-refractivity contribution is -0.118. The number of nitrogens with zero attached hydrogens (tertiary/aromatic N) is 2. The van der Waals surface area contributed by atoms with Crippen molar-refractivity contribution in [3.8, 4) is 0 Å². The second-order valence-corrected chi connectivity index (χ2v) is 9.93. The number of H-pyrrole nitrogens is 1. The lowest BCUT2D eigenvalue weighted by Crippen LogP contribution is -2.48. The number of nitrogens with one attached hydrogen (secondary N) is 4. The zero-order valence-electron chi connectivity index (χ0n) is 22.8. The first-order valence-corrected chi connectivity index (χ1v) is 13.7. The van der Waals surface area contributed by atoms with Crippen LogP contribution < -0.4 is 16.0 Å². The molecule has 10 heteroatoms. The number of aryl methyl sites for hydroxylation is 1. The number of aromatic amines is 1. The molecule has 3 atom stereocenters. The fourth-order valence-electron chi connectivity index (χ4n) is 5.15. The highest BCUT2D eigenvalue weighted by molar-refractivity contribution is 5.98. The normalized spacial score (nSPS) is 17.5. The van der Waals surface area contributed by atoms with Crippen LogP contribution in [0.3, 0.4) is 0 Å². The number of hydrogen-bond donors (Lipinski definition) is 4. The highest BCUT2D eigenvalue weighted by Crippen LogP contribution is 2.30. The largest absolute Gasteiger partial charge is 0.453 e. The van der Waals surface area contributed by atoms with Crippen LogP contribution in [0.2, 0.25) is 0 Å². The molecule has 1 aromatic heterocycles. The number of aromatic nitrogens is 3. The van der Waals surface area contributed by atoms with Gasteiger partial charge >= 0.3 is 6.09 Å². The van der Waals surface area contributed by atoms with Gasteiger partial charge in [-0.05, 0) is 35.6 Å². The fraction of sp³-hybridized carbons (Fsp3) is 0.290. The van der Waals surface area contributed by atoms with Crippen molar-refractivity contribution in [1.29, 1.82) is 0 Å². The van der Waals surface area contributed by atoms with E-state index < -0.39 is 18.1 Å². The smallest absolute Gasteiger partial charge is 0.407 e. The number of anilines is 1. The Morgan fingerprint density at radius 1 is 1.00 bits per heavy atom. The maximum atomic E-state index is 13.9. The Labute approximate surface area is 238 Å². The average molecular weight is 555 g/mol. The Morgan fingerprint density at radius 3 is 2.29 bits per heavy atom. The zero-order chi connectivity index (χ0) is 28.4. The first kappa shape index (κ1) is 28.0. The van der Waals surface area contributed by atoms with Gasteiger partial charge in [-0.2, -0.15) is 0 Å². The summed E-state index contributed by atoms with van der Waals surface area (Å²) < 4.78 is 11.0. The molecule has 10 nitrogen and oxygen atoms in total. The third-order valence-corrected chi connectivity index (χ3v) is 7.30. The minimum absolute atomic E-state index is 0.0279. The lowest BCUT2D eigenvalue weighted by Gasteiger charge is -2.30. The van der Waals surface area contributed by atoms with Crippen LogP contribution >= 0.6 is 0 Å². The van der Waals surface area contributed by atoms with Gasteiger partial charge in [-0.25, -0.2) is 4.79 Å². The molecule has 2 amide bonds. The molecule has 0 spiro atoms. The van der Waals surface area contributed by atoms with E-state index in [-0.39, 0.29) is 18.1 Å². The Bertz CT molecular complexity index is 1350. The third kappa shape index (κ3) is 7.16. The van der Waals surface area contributed by atoms with E-state index in [4.69, 9.17) is 9.47 Å². The number of hydrogen-bond acceptors (Lipinski definition) is 7. The van der Waals surface area contributed by atoms with Crippen LogP contribution in [0.25, 0.3) is 0 Å². The van der Waals surface area contributed by atoms with Gasteiger partial charge in [-0.1, -0.05) is 84.1 Å². The average Bonchev–Trinajstić information content (AvgIpc) is 3.57. The van der Waals surface area contributed by atoms with Gasteiger partial charge in [-0.3, -0.25) is 9.89 Å². The SMILES string of the molecule is COC(=O)NC(C(=O)Nc1ccccc1CC[C@@H]1CN[C@H](c2cnn[nH]2)CO1)C(c1ccccc1)c1ccccc1. The molecule has 4 aromatic rings.